The van der Waals surface area contributed by atoms with Gasteiger partial charge in [-0.1, -0.05) is 6.07 Å². The molecule has 5 heteroatoms. The van der Waals surface area contributed by atoms with Crippen LogP contribution in [0.15, 0.2) is 18.2 Å². The molecule has 1 aromatic rings. The van der Waals surface area contributed by atoms with E-state index < -0.39 is 5.41 Å². The summed E-state index contributed by atoms with van der Waals surface area (Å²) in [4.78, 5) is 23.6. The predicted octanol–water partition coefficient (Wildman–Crippen LogP) is 2.26. The molecular formula is C16H20O5. The topological polar surface area (TPSA) is 61.8 Å². The molecule has 1 heterocycles. The Balaban J connectivity index is 2.42. The highest BCUT2D eigenvalue weighted by atomic mass is 16.5. The van der Waals surface area contributed by atoms with Crippen LogP contribution in [0.4, 0.5) is 0 Å². The van der Waals surface area contributed by atoms with E-state index in [2.05, 4.69) is 0 Å². The molecule has 114 valence electrons. The second-order valence-electron chi connectivity index (χ2n) is 5.24. The number of ether oxygens (including phenoxy) is 3. The lowest BCUT2D eigenvalue weighted by molar-refractivity contribution is -0.143. The van der Waals surface area contributed by atoms with Gasteiger partial charge in [0.2, 0.25) is 0 Å². The van der Waals surface area contributed by atoms with E-state index in [0.29, 0.717) is 37.4 Å². The van der Waals surface area contributed by atoms with Crippen LogP contribution < -0.4 is 9.47 Å². The van der Waals surface area contributed by atoms with Crippen molar-refractivity contribution in [3.8, 4) is 11.5 Å². The highest BCUT2D eigenvalue weighted by Gasteiger charge is 2.46. The summed E-state index contributed by atoms with van der Waals surface area (Å²) < 4.78 is 15.7. The molecule has 0 bridgehead atoms. The standard InChI is InChI=1S/C16H20O5/c1-11(17)6-7-16(8-9-21-15(16)18)12-4-5-13(19-2)14(10-12)20-3/h4-5,10H,6-9H2,1-3H3/t16-/m1/s1. The second kappa shape index (κ2) is 6.16. The first-order valence-electron chi connectivity index (χ1n) is 6.92. The summed E-state index contributed by atoms with van der Waals surface area (Å²) in [6, 6.07) is 5.41. The summed E-state index contributed by atoms with van der Waals surface area (Å²) in [7, 11) is 3.11. The van der Waals surface area contributed by atoms with Gasteiger partial charge in [0, 0.05) is 12.8 Å². The lowest BCUT2D eigenvalue weighted by Gasteiger charge is -2.25. The minimum absolute atomic E-state index is 0.0644. The van der Waals surface area contributed by atoms with E-state index in [1.165, 1.54) is 6.92 Å². The van der Waals surface area contributed by atoms with Crippen LogP contribution >= 0.6 is 0 Å². The molecule has 0 unspecified atom stereocenters. The number of rotatable bonds is 6. The molecule has 1 saturated heterocycles. The van der Waals surface area contributed by atoms with Crippen molar-refractivity contribution in [3.63, 3.8) is 0 Å². The third-order valence-electron chi connectivity index (χ3n) is 3.99. The molecule has 1 aliphatic rings. The van der Waals surface area contributed by atoms with Crippen molar-refractivity contribution in [3.05, 3.63) is 23.8 Å². The fourth-order valence-electron chi connectivity index (χ4n) is 2.72. The van der Waals surface area contributed by atoms with Crippen LogP contribution in [0.3, 0.4) is 0 Å². The number of methoxy groups -OCH3 is 2. The van der Waals surface area contributed by atoms with E-state index in [1.807, 2.05) is 6.07 Å². The summed E-state index contributed by atoms with van der Waals surface area (Å²) in [6.07, 6.45) is 1.38. The summed E-state index contributed by atoms with van der Waals surface area (Å²) in [5.41, 5.74) is 0.0505. The normalized spacial score (nSPS) is 21.0. The van der Waals surface area contributed by atoms with Crippen molar-refractivity contribution in [2.45, 2.75) is 31.6 Å². The maximum atomic E-state index is 12.3. The smallest absolute Gasteiger partial charge is 0.316 e. The average Bonchev–Trinajstić information content (AvgIpc) is 2.86. The quantitative estimate of drug-likeness (QED) is 0.753. The maximum absolute atomic E-state index is 12.3. The Morgan fingerprint density at radius 3 is 2.52 bits per heavy atom. The van der Waals surface area contributed by atoms with E-state index >= 15 is 0 Å². The van der Waals surface area contributed by atoms with Gasteiger partial charge in [-0.2, -0.15) is 0 Å². The summed E-state index contributed by atoms with van der Waals surface area (Å²) in [5.74, 6) is 0.969. The number of esters is 1. The van der Waals surface area contributed by atoms with Crippen LogP contribution in [0.5, 0.6) is 11.5 Å². The molecule has 21 heavy (non-hydrogen) atoms. The van der Waals surface area contributed by atoms with Gasteiger partial charge in [-0.3, -0.25) is 4.79 Å². The number of benzene rings is 1. The molecule has 1 aliphatic heterocycles. The lowest BCUT2D eigenvalue weighted by atomic mass is 9.75. The number of ketones is 1. The van der Waals surface area contributed by atoms with E-state index in [-0.39, 0.29) is 11.8 Å². The molecule has 1 atom stereocenters. The van der Waals surface area contributed by atoms with Gasteiger partial charge in [-0.25, -0.2) is 0 Å². The third kappa shape index (κ3) is 2.86. The van der Waals surface area contributed by atoms with Gasteiger partial charge in [0.05, 0.1) is 26.2 Å². The summed E-state index contributed by atoms with van der Waals surface area (Å²) >= 11 is 0. The van der Waals surface area contributed by atoms with Crippen LogP contribution in [0.1, 0.15) is 31.7 Å². The van der Waals surface area contributed by atoms with E-state index in [0.717, 1.165) is 5.56 Å². The van der Waals surface area contributed by atoms with Crippen LogP contribution in [0, 0.1) is 0 Å². The highest BCUT2D eigenvalue weighted by Crippen LogP contribution is 2.41. The Morgan fingerprint density at radius 2 is 2.00 bits per heavy atom. The van der Waals surface area contributed by atoms with Crippen LogP contribution in [0.25, 0.3) is 0 Å². The van der Waals surface area contributed by atoms with Crippen molar-refractivity contribution in [2.24, 2.45) is 0 Å². The number of cyclic esters (lactones) is 1. The first kappa shape index (κ1) is 15.4. The summed E-state index contributed by atoms with van der Waals surface area (Å²) in [5, 5.41) is 0. The zero-order valence-corrected chi connectivity index (χ0v) is 12.6. The fourth-order valence-corrected chi connectivity index (χ4v) is 2.72. The number of hydrogen-bond acceptors (Lipinski definition) is 5. The number of carbonyl (C=O) groups is 2. The van der Waals surface area contributed by atoms with Crippen LogP contribution in [0.2, 0.25) is 0 Å². The Morgan fingerprint density at radius 1 is 1.29 bits per heavy atom. The Bertz CT molecular complexity index is 552. The average molecular weight is 292 g/mol. The van der Waals surface area contributed by atoms with Crippen molar-refractivity contribution < 1.29 is 23.8 Å². The molecule has 5 nitrogen and oxygen atoms in total. The fraction of sp³-hybridized carbons (Fsp3) is 0.500. The zero-order valence-electron chi connectivity index (χ0n) is 12.6. The number of Topliss-reactive ketones (excluding diaryl/α,β-unsaturated/α-hetero) is 1. The molecule has 0 aromatic heterocycles. The number of carbonyl (C=O) groups excluding carboxylic acids is 2. The monoisotopic (exact) mass is 292 g/mol. The minimum atomic E-state index is -0.759. The molecule has 1 aromatic carbocycles. The van der Waals surface area contributed by atoms with Gasteiger partial charge in [-0.05, 0) is 31.0 Å². The first-order valence-corrected chi connectivity index (χ1v) is 6.92. The predicted molar refractivity (Wildman–Crippen MR) is 76.7 cm³/mol. The van der Waals surface area contributed by atoms with Gasteiger partial charge in [0.1, 0.15) is 5.78 Å². The zero-order chi connectivity index (χ0) is 15.5. The Labute approximate surface area is 124 Å². The lowest BCUT2D eigenvalue weighted by Crippen LogP contribution is -2.32. The van der Waals surface area contributed by atoms with Crippen molar-refractivity contribution in [2.75, 3.05) is 20.8 Å². The molecule has 0 radical (unpaired) electrons. The molecular weight excluding hydrogens is 272 g/mol. The number of hydrogen-bond donors (Lipinski definition) is 0. The Hall–Kier alpha value is -2.04. The van der Waals surface area contributed by atoms with Gasteiger partial charge in [-0.15, -0.1) is 0 Å². The van der Waals surface area contributed by atoms with Gasteiger partial charge < -0.3 is 19.0 Å². The molecule has 0 spiro atoms. The minimum Gasteiger partial charge on any atom is -0.493 e. The second-order valence-corrected chi connectivity index (χ2v) is 5.24. The van der Waals surface area contributed by atoms with Gasteiger partial charge in [0.15, 0.2) is 11.5 Å². The largest absolute Gasteiger partial charge is 0.493 e. The van der Waals surface area contributed by atoms with E-state index in [1.54, 1.807) is 26.4 Å². The molecule has 0 amide bonds. The van der Waals surface area contributed by atoms with Gasteiger partial charge >= 0.3 is 5.97 Å². The maximum Gasteiger partial charge on any atom is 0.316 e. The molecule has 0 aliphatic carbocycles. The van der Waals surface area contributed by atoms with Crippen molar-refractivity contribution in [1.29, 1.82) is 0 Å². The third-order valence-corrected chi connectivity index (χ3v) is 3.99. The molecule has 1 fully saturated rings. The molecule has 2 rings (SSSR count). The van der Waals surface area contributed by atoms with Crippen molar-refractivity contribution in [1.82, 2.24) is 0 Å². The van der Waals surface area contributed by atoms with Crippen LogP contribution in [-0.2, 0) is 19.7 Å². The van der Waals surface area contributed by atoms with Gasteiger partial charge in [0.25, 0.3) is 0 Å². The van der Waals surface area contributed by atoms with Crippen LogP contribution in [-0.4, -0.2) is 32.6 Å². The highest BCUT2D eigenvalue weighted by molar-refractivity contribution is 5.86. The molecule has 0 N–H and O–H groups in total. The SMILES string of the molecule is COc1ccc([C@@]2(CCC(C)=O)CCOC2=O)cc1OC. The van der Waals surface area contributed by atoms with E-state index in [9.17, 15) is 9.59 Å². The molecule has 0 saturated carbocycles. The first-order chi connectivity index (χ1) is 10.0. The van der Waals surface area contributed by atoms with E-state index in [4.69, 9.17) is 14.2 Å². The Kier molecular flexibility index (Phi) is 4.50. The van der Waals surface area contributed by atoms with Crippen molar-refractivity contribution >= 4 is 11.8 Å². The summed E-state index contributed by atoms with van der Waals surface area (Å²) in [6.45, 7) is 1.91.